The maximum Gasteiger partial charge on any atom is 0.190 e. The molecule has 1 aromatic rings. The molecule has 0 heterocycles. The van der Waals surface area contributed by atoms with E-state index in [1.54, 1.807) is 14.0 Å². The van der Waals surface area contributed by atoms with Gasteiger partial charge in [0.15, 0.2) is 17.4 Å². The average Bonchev–Trinajstić information content (AvgIpc) is 2.35. The van der Waals surface area contributed by atoms with Crippen LogP contribution in [0.2, 0.25) is 0 Å². The number of rotatable bonds is 8. The molecule has 1 aromatic carbocycles. The normalized spacial score (nSPS) is 12.5. The number of hydrogen-bond acceptors (Lipinski definition) is 4. The molecule has 0 radical (unpaired) electrons. The lowest BCUT2D eigenvalue weighted by Crippen LogP contribution is -2.24. The Morgan fingerprint density at radius 1 is 1.26 bits per heavy atom. The first-order chi connectivity index (χ1) is 9.08. The molecule has 1 unspecified atom stereocenters. The number of ether oxygens (including phenoxy) is 2. The van der Waals surface area contributed by atoms with Crippen LogP contribution < -0.4 is 10.1 Å². The largest absolute Gasteiger partial charge is 0.485 e. The van der Waals surface area contributed by atoms with Crippen LogP contribution in [0.5, 0.6) is 5.75 Å². The predicted molar refractivity (Wildman–Crippen MR) is 67.1 cm³/mol. The first-order valence-electron chi connectivity index (χ1n) is 6.09. The number of benzene rings is 1. The fourth-order valence-corrected chi connectivity index (χ4v) is 1.54. The molecule has 4 nitrogen and oxygen atoms in total. The Kier molecular flexibility index (Phi) is 6.69. The Morgan fingerprint density at radius 2 is 1.89 bits per heavy atom. The van der Waals surface area contributed by atoms with E-state index in [1.165, 1.54) is 12.1 Å². The smallest absolute Gasteiger partial charge is 0.190 e. The molecule has 0 aliphatic carbocycles. The second-order valence-electron chi connectivity index (χ2n) is 4.04. The van der Waals surface area contributed by atoms with E-state index in [0.29, 0.717) is 18.7 Å². The van der Waals surface area contributed by atoms with Crippen molar-refractivity contribution in [2.75, 3.05) is 26.9 Å². The Bertz CT molecular complexity index is 378. The van der Waals surface area contributed by atoms with Crippen LogP contribution >= 0.6 is 0 Å². The molecule has 0 spiro atoms. The topological polar surface area (TPSA) is 50.7 Å². The van der Waals surface area contributed by atoms with E-state index in [2.05, 4.69) is 5.32 Å². The maximum absolute atomic E-state index is 13.6. The van der Waals surface area contributed by atoms with Gasteiger partial charge in [-0.1, -0.05) is 0 Å². The molecule has 1 atom stereocenters. The van der Waals surface area contributed by atoms with E-state index >= 15 is 0 Å². The molecule has 0 aliphatic heterocycles. The summed E-state index contributed by atoms with van der Waals surface area (Å²) in [5.41, 5.74) is 0.486. The zero-order chi connectivity index (χ0) is 14.3. The fraction of sp³-hybridized carbons (Fsp3) is 0.538. The first kappa shape index (κ1) is 15.8. The summed E-state index contributed by atoms with van der Waals surface area (Å²) >= 11 is 0. The molecular weight excluding hydrogens is 256 g/mol. The van der Waals surface area contributed by atoms with E-state index in [0.717, 1.165) is 0 Å². The van der Waals surface area contributed by atoms with Gasteiger partial charge in [0.25, 0.3) is 0 Å². The summed E-state index contributed by atoms with van der Waals surface area (Å²) in [5, 5.41) is 12.3. The summed E-state index contributed by atoms with van der Waals surface area (Å²) in [7, 11) is 1.68. The highest BCUT2D eigenvalue weighted by Gasteiger charge is 2.14. The van der Waals surface area contributed by atoms with Crippen LogP contribution in [0.25, 0.3) is 0 Å². The van der Waals surface area contributed by atoms with Crippen LogP contribution in [0, 0.1) is 11.6 Å². The average molecular weight is 275 g/mol. The summed E-state index contributed by atoms with van der Waals surface area (Å²) in [6.45, 7) is 2.45. The van der Waals surface area contributed by atoms with Gasteiger partial charge in [-0.3, -0.25) is 0 Å². The molecule has 2 N–H and O–H groups in total. The molecule has 0 aromatic heterocycles. The Balaban J connectivity index is 2.63. The molecule has 0 fully saturated rings. The summed E-state index contributed by atoms with van der Waals surface area (Å²) < 4.78 is 37.2. The molecule has 6 heteroatoms. The van der Waals surface area contributed by atoms with E-state index in [4.69, 9.17) is 9.47 Å². The summed E-state index contributed by atoms with van der Waals surface area (Å²) in [6.07, 6.45) is -0.921. The summed E-state index contributed by atoms with van der Waals surface area (Å²) in [5.74, 6) is -2.04. The lowest BCUT2D eigenvalue weighted by Gasteiger charge is -2.14. The van der Waals surface area contributed by atoms with Gasteiger partial charge in [0.2, 0.25) is 0 Å². The van der Waals surface area contributed by atoms with Gasteiger partial charge in [0, 0.05) is 13.2 Å². The SMILES string of the molecule is CCOCC(O)COc1c(F)cc(CNC)cc1F. The minimum atomic E-state index is -0.921. The van der Waals surface area contributed by atoms with E-state index in [1.807, 2.05) is 0 Å². The van der Waals surface area contributed by atoms with Gasteiger partial charge in [-0.25, -0.2) is 8.78 Å². The second-order valence-corrected chi connectivity index (χ2v) is 4.04. The molecule has 1 rings (SSSR count). The molecular formula is C13H19F2NO3. The van der Waals surface area contributed by atoms with Crippen LogP contribution in [0.15, 0.2) is 12.1 Å². The van der Waals surface area contributed by atoms with Gasteiger partial charge in [0.1, 0.15) is 12.7 Å². The highest BCUT2D eigenvalue weighted by molar-refractivity contribution is 5.31. The number of hydrogen-bond donors (Lipinski definition) is 2. The van der Waals surface area contributed by atoms with Crippen molar-refractivity contribution >= 4 is 0 Å². The van der Waals surface area contributed by atoms with Crippen LogP contribution in [0.4, 0.5) is 8.78 Å². The third-order valence-electron chi connectivity index (χ3n) is 2.37. The van der Waals surface area contributed by atoms with Crippen molar-refractivity contribution in [3.8, 4) is 5.75 Å². The minimum absolute atomic E-state index is 0.0670. The van der Waals surface area contributed by atoms with Gasteiger partial charge < -0.3 is 19.9 Å². The van der Waals surface area contributed by atoms with Crippen LogP contribution in [-0.4, -0.2) is 38.1 Å². The minimum Gasteiger partial charge on any atom is -0.485 e. The van der Waals surface area contributed by atoms with Crippen molar-refractivity contribution < 1.29 is 23.4 Å². The standard InChI is InChI=1S/C13H19F2NO3/c1-3-18-7-10(17)8-19-13-11(14)4-9(6-16-2)5-12(13)15/h4-5,10,16-17H,3,6-8H2,1-2H3. The third-order valence-corrected chi connectivity index (χ3v) is 2.37. The molecule has 0 saturated heterocycles. The highest BCUT2D eigenvalue weighted by atomic mass is 19.1. The van der Waals surface area contributed by atoms with Crippen LogP contribution in [-0.2, 0) is 11.3 Å². The van der Waals surface area contributed by atoms with Crippen molar-refractivity contribution in [3.63, 3.8) is 0 Å². The number of halogens is 2. The molecule has 0 bridgehead atoms. The number of aliphatic hydroxyl groups is 1. The molecule has 0 saturated carbocycles. The van der Waals surface area contributed by atoms with Gasteiger partial charge in [-0.15, -0.1) is 0 Å². The third kappa shape index (κ3) is 5.10. The van der Waals surface area contributed by atoms with Crippen molar-refractivity contribution in [1.82, 2.24) is 5.32 Å². The highest BCUT2D eigenvalue weighted by Crippen LogP contribution is 2.23. The predicted octanol–water partition coefficient (Wildman–Crippen LogP) is 1.46. The van der Waals surface area contributed by atoms with Gasteiger partial charge >= 0.3 is 0 Å². The van der Waals surface area contributed by atoms with Gasteiger partial charge in [0.05, 0.1) is 6.61 Å². The first-order valence-corrected chi connectivity index (χ1v) is 6.09. The molecule has 0 aliphatic rings. The van der Waals surface area contributed by atoms with Crippen molar-refractivity contribution in [1.29, 1.82) is 0 Å². The van der Waals surface area contributed by atoms with Crippen molar-refractivity contribution in [3.05, 3.63) is 29.3 Å². The summed E-state index contributed by atoms with van der Waals surface area (Å²) in [6, 6.07) is 2.40. The van der Waals surface area contributed by atoms with Gasteiger partial charge in [-0.05, 0) is 31.7 Å². The lowest BCUT2D eigenvalue weighted by molar-refractivity contribution is 0.0148. The fourth-order valence-electron chi connectivity index (χ4n) is 1.54. The Hall–Kier alpha value is -1.24. The lowest BCUT2D eigenvalue weighted by atomic mass is 10.2. The molecule has 108 valence electrons. The Labute approximate surface area is 111 Å². The van der Waals surface area contributed by atoms with Crippen molar-refractivity contribution in [2.24, 2.45) is 0 Å². The number of aliphatic hydroxyl groups excluding tert-OH is 1. The van der Waals surface area contributed by atoms with E-state index < -0.39 is 23.5 Å². The van der Waals surface area contributed by atoms with Gasteiger partial charge in [-0.2, -0.15) is 0 Å². The zero-order valence-corrected chi connectivity index (χ0v) is 11.1. The van der Waals surface area contributed by atoms with Crippen LogP contribution in [0.1, 0.15) is 12.5 Å². The molecule has 19 heavy (non-hydrogen) atoms. The van der Waals surface area contributed by atoms with E-state index in [9.17, 15) is 13.9 Å². The molecule has 0 amide bonds. The number of nitrogens with one attached hydrogen (secondary N) is 1. The van der Waals surface area contributed by atoms with E-state index in [-0.39, 0.29) is 13.2 Å². The summed E-state index contributed by atoms with van der Waals surface area (Å²) in [4.78, 5) is 0. The second kappa shape index (κ2) is 8.04. The monoisotopic (exact) mass is 275 g/mol. The van der Waals surface area contributed by atoms with Crippen LogP contribution in [0.3, 0.4) is 0 Å². The Morgan fingerprint density at radius 3 is 2.42 bits per heavy atom. The maximum atomic E-state index is 13.6. The zero-order valence-electron chi connectivity index (χ0n) is 11.1. The quantitative estimate of drug-likeness (QED) is 0.754. The van der Waals surface area contributed by atoms with Crippen molar-refractivity contribution in [2.45, 2.75) is 19.6 Å².